The normalized spacial score (nSPS) is 19.5. The van der Waals surface area contributed by atoms with E-state index >= 15 is 0 Å². The summed E-state index contributed by atoms with van der Waals surface area (Å²) >= 11 is 0. The number of fused-ring (bicyclic) bond motifs is 1. The molecule has 0 spiro atoms. The van der Waals surface area contributed by atoms with Crippen molar-refractivity contribution in [2.45, 2.75) is 66.1 Å². The molecule has 0 aliphatic carbocycles. The van der Waals surface area contributed by atoms with Crippen LogP contribution in [0.3, 0.4) is 0 Å². The number of nitrogens with zero attached hydrogens (tertiary/aromatic N) is 4. The Balaban J connectivity index is 1.58. The lowest BCUT2D eigenvalue weighted by Gasteiger charge is -2.38. The van der Waals surface area contributed by atoms with Gasteiger partial charge in [-0.1, -0.05) is 18.2 Å². The molecule has 1 aromatic carbocycles. The smallest absolute Gasteiger partial charge is 0.329 e. The molecule has 33 heavy (non-hydrogen) atoms. The van der Waals surface area contributed by atoms with Crippen LogP contribution in [0.5, 0.6) is 0 Å². The first-order valence-corrected chi connectivity index (χ1v) is 12.3. The Morgan fingerprint density at radius 3 is 2.45 bits per heavy atom. The molecule has 4 rings (SSSR count). The fraction of sp³-hybridized carbons (Fsp3) is 0.556. The summed E-state index contributed by atoms with van der Waals surface area (Å²) in [4.78, 5) is 20.3. The van der Waals surface area contributed by atoms with Crippen LogP contribution in [0.15, 0.2) is 47.4 Å². The van der Waals surface area contributed by atoms with E-state index < -0.39 is 0 Å². The van der Waals surface area contributed by atoms with Gasteiger partial charge in [0.05, 0.1) is 17.6 Å². The molecule has 2 aromatic heterocycles. The van der Waals surface area contributed by atoms with E-state index in [2.05, 4.69) is 48.9 Å². The Bertz CT molecular complexity index is 1150. The molecule has 178 valence electrons. The van der Waals surface area contributed by atoms with Crippen LogP contribution in [0.2, 0.25) is 0 Å². The van der Waals surface area contributed by atoms with E-state index in [0.717, 1.165) is 49.3 Å². The third-order valence-electron chi connectivity index (χ3n) is 7.57. The molecule has 6 nitrogen and oxygen atoms in total. The second kappa shape index (κ2) is 9.43. The van der Waals surface area contributed by atoms with Gasteiger partial charge in [-0.15, -0.1) is 0 Å². The van der Waals surface area contributed by atoms with Gasteiger partial charge in [0.2, 0.25) is 0 Å². The van der Waals surface area contributed by atoms with Gasteiger partial charge in [-0.3, -0.25) is 19.0 Å². The van der Waals surface area contributed by atoms with Crippen molar-refractivity contribution in [2.75, 3.05) is 26.3 Å². The van der Waals surface area contributed by atoms with Crippen LogP contribution in [0.1, 0.15) is 51.8 Å². The second-order valence-electron chi connectivity index (χ2n) is 9.97. The van der Waals surface area contributed by atoms with Crippen LogP contribution in [0.25, 0.3) is 11.0 Å². The lowest BCUT2D eigenvalue weighted by atomic mass is 9.84. The highest BCUT2D eigenvalue weighted by atomic mass is 16.5. The van der Waals surface area contributed by atoms with Crippen molar-refractivity contribution in [2.24, 2.45) is 5.41 Å². The predicted molar refractivity (Wildman–Crippen MR) is 134 cm³/mol. The number of pyridine rings is 1. The second-order valence-corrected chi connectivity index (χ2v) is 9.97. The van der Waals surface area contributed by atoms with E-state index in [0.29, 0.717) is 19.7 Å². The number of aryl methyl sites for hydroxylation is 3. The van der Waals surface area contributed by atoms with Gasteiger partial charge in [0.25, 0.3) is 0 Å². The average molecular weight is 451 g/mol. The van der Waals surface area contributed by atoms with Gasteiger partial charge in [-0.05, 0) is 77.8 Å². The van der Waals surface area contributed by atoms with E-state index in [-0.39, 0.29) is 16.6 Å². The maximum absolute atomic E-state index is 13.2. The summed E-state index contributed by atoms with van der Waals surface area (Å²) in [5.41, 5.74) is 4.33. The number of aromatic nitrogens is 3. The van der Waals surface area contributed by atoms with Gasteiger partial charge in [0, 0.05) is 49.1 Å². The molecule has 0 radical (unpaired) electrons. The number of para-hydroxylation sites is 2. The highest BCUT2D eigenvalue weighted by molar-refractivity contribution is 5.75. The third-order valence-corrected chi connectivity index (χ3v) is 7.57. The van der Waals surface area contributed by atoms with Crippen molar-refractivity contribution < 1.29 is 4.74 Å². The minimum Gasteiger partial charge on any atom is -0.381 e. The van der Waals surface area contributed by atoms with Crippen molar-refractivity contribution in [1.29, 1.82) is 0 Å². The number of imidazole rings is 1. The number of likely N-dealkylation sites (tertiary alicyclic amines) is 1. The highest BCUT2D eigenvalue weighted by Crippen LogP contribution is 2.41. The highest BCUT2D eigenvalue weighted by Gasteiger charge is 2.43. The lowest BCUT2D eigenvalue weighted by molar-refractivity contribution is 0.0359. The summed E-state index contributed by atoms with van der Waals surface area (Å²) < 4.78 is 9.84. The van der Waals surface area contributed by atoms with Crippen LogP contribution in [-0.2, 0) is 23.4 Å². The fourth-order valence-electron chi connectivity index (χ4n) is 5.28. The SMILES string of the molecule is CCOCC1(CCn2c(=O)n(CC)c3ccccc32)CCN(C(C)(C)c2ccc(C)nc2)C1. The molecule has 1 unspecified atom stereocenters. The largest absolute Gasteiger partial charge is 0.381 e. The summed E-state index contributed by atoms with van der Waals surface area (Å²) in [6, 6.07) is 12.4. The maximum atomic E-state index is 13.2. The first kappa shape index (κ1) is 23.7. The number of rotatable bonds is 9. The average Bonchev–Trinajstić information content (AvgIpc) is 3.36. The van der Waals surface area contributed by atoms with Gasteiger partial charge in [0.15, 0.2) is 0 Å². The van der Waals surface area contributed by atoms with Crippen molar-refractivity contribution in [3.8, 4) is 0 Å². The molecule has 3 aromatic rings. The van der Waals surface area contributed by atoms with Gasteiger partial charge in [0.1, 0.15) is 0 Å². The molecular weight excluding hydrogens is 412 g/mol. The topological polar surface area (TPSA) is 52.3 Å². The Hall–Kier alpha value is -2.44. The minimum absolute atomic E-state index is 0.0280. The Morgan fingerprint density at radius 1 is 1.09 bits per heavy atom. The molecule has 6 heteroatoms. The number of ether oxygens (including phenoxy) is 1. The molecule has 0 amide bonds. The first-order valence-electron chi connectivity index (χ1n) is 12.3. The van der Waals surface area contributed by atoms with Gasteiger partial charge in [-0.25, -0.2) is 4.79 Å². The summed E-state index contributed by atoms with van der Waals surface area (Å²) in [6.45, 7) is 15.5. The molecule has 1 aliphatic heterocycles. The molecule has 3 heterocycles. The molecular formula is C27H38N4O2. The van der Waals surface area contributed by atoms with E-state index in [1.165, 1.54) is 5.56 Å². The van der Waals surface area contributed by atoms with Crippen molar-refractivity contribution in [3.05, 3.63) is 64.3 Å². The minimum atomic E-state index is -0.107. The van der Waals surface area contributed by atoms with Crippen LogP contribution >= 0.6 is 0 Å². The molecule has 0 bridgehead atoms. The van der Waals surface area contributed by atoms with Crippen molar-refractivity contribution in [3.63, 3.8) is 0 Å². The quantitative estimate of drug-likeness (QED) is 0.479. The van der Waals surface area contributed by atoms with Gasteiger partial charge < -0.3 is 4.74 Å². The third kappa shape index (κ3) is 4.51. The zero-order valence-corrected chi connectivity index (χ0v) is 20.8. The maximum Gasteiger partial charge on any atom is 0.329 e. The van der Waals surface area contributed by atoms with Gasteiger partial charge >= 0.3 is 5.69 Å². The van der Waals surface area contributed by atoms with Crippen molar-refractivity contribution in [1.82, 2.24) is 19.0 Å². The lowest BCUT2D eigenvalue weighted by Crippen LogP contribution is -2.42. The monoisotopic (exact) mass is 450 g/mol. The molecule has 1 saturated heterocycles. The summed E-state index contributed by atoms with van der Waals surface area (Å²) in [7, 11) is 0. The fourth-order valence-corrected chi connectivity index (χ4v) is 5.28. The Labute approximate surface area is 197 Å². The zero-order chi connectivity index (χ0) is 23.6. The molecule has 1 atom stereocenters. The standard InChI is InChI=1S/C27H38N4O2/c1-6-30-23-10-8-9-11-24(23)31(25(30)32)17-15-27(20-33-7-2)14-16-29(19-27)26(4,5)22-13-12-21(3)28-18-22/h8-13,18H,6-7,14-17,19-20H2,1-5H3. The molecule has 0 N–H and O–H groups in total. The van der Waals surface area contributed by atoms with Crippen LogP contribution < -0.4 is 5.69 Å². The Kier molecular flexibility index (Phi) is 6.78. The predicted octanol–water partition coefficient (Wildman–Crippen LogP) is 4.58. The first-order chi connectivity index (χ1) is 15.8. The van der Waals surface area contributed by atoms with Crippen LogP contribution in [0.4, 0.5) is 0 Å². The number of hydrogen-bond acceptors (Lipinski definition) is 4. The van der Waals surface area contributed by atoms with E-state index in [1.807, 2.05) is 47.4 Å². The molecule has 0 saturated carbocycles. The number of benzene rings is 1. The van der Waals surface area contributed by atoms with E-state index in [1.54, 1.807) is 0 Å². The summed E-state index contributed by atoms with van der Waals surface area (Å²) in [6.07, 6.45) is 4.00. The van der Waals surface area contributed by atoms with E-state index in [4.69, 9.17) is 4.74 Å². The zero-order valence-electron chi connectivity index (χ0n) is 20.8. The van der Waals surface area contributed by atoms with Crippen molar-refractivity contribution >= 4 is 11.0 Å². The van der Waals surface area contributed by atoms with E-state index in [9.17, 15) is 4.79 Å². The molecule has 1 aliphatic rings. The Morgan fingerprint density at radius 2 is 1.82 bits per heavy atom. The van der Waals surface area contributed by atoms with Crippen LogP contribution in [-0.4, -0.2) is 45.3 Å². The number of hydrogen-bond donors (Lipinski definition) is 0. The van der Waals surface area contributed by atoms with Crippen LogP contribution in [0, 0.1) is 12.3 Å². The van der Waals surface area contributed by atoms with Gasteiger partial charge in [-0.2, -0.15) is 0 Å². The summed E-state index contributed by atoms with van der Waals surface area (Å²) in [5.74, 6) is 0. The molecule has 1 fully saturated rings. The summed E-state index contributed by atoms with van der Waals surface area (Å²) in [5, 5.41) is 0.